The lowest BCUT2D eigenvalue weighted by Gasteiger charge is -2.37. The molecule has 2 heterocycles. The van der Waals surface area contributed by atoms with Crippen molar-refractivity contribution in [3.8, 4) is 0 Å². The highest BCUT2D eigenvalue weighted by Gasteiger charge is 2.32. The number of aromatic nitrogens is 2. The molecule has 0 radical (unpaired) electrons. The molecule has 1 saturated heterocycles. The summed E-state index contributed by atoms with van der Waals surface area (Å²) in [6.07, 6.45) is 6.43. The average Bonchev–Trinajstić information content (AvgIpc) is 2.73. The first-order valence-electron chi connectivity index (χ1n) is 7.30. The molecule has 1 saturated carbocycles. The third-order valence-electron chi connectivity index (χ3n) is 4.32. The van der Waals surface area contributed by atoms with Gasteiger partial charge in [-0.15, -0.1) is 0 Å². The SMILES string of the molecule is Cc1noc(CC2CCCN(C(=O)C3CCC3)C2)n1. The van der Waals surface area contributed by atoms with Gasteiger partial charge >= 0.3 is 0 Å². The van der Waals surface area contributed by atoms with Crippen molar-refractivity contribution in [3.05, 3.63) is 11.7 Å². The molecule has 5 nitrogen and oxygen atoms in total. The molecule has 5 heteroatoms. The summed E-state index contributed by atoms with van der Waals surface area (Å²) in [5.41, 5.74) is 0. The molecular weight excluding hydrogens is 242 g/mol. The molecule has 1 aromatic heterocycles. The van der Waals surface area contributed by atoms with Crippen molar-refractivity contribution >= 4 is 5.91 Å². The van der Waals surface area contributed by atoms with Crippen LogP contribution in [0, 0.1) is 18.8 Å². The number of carbonyl (C=O) groups is 1. The number of carbonyl (C=O) groups excluding carboxylic acids is 1. The van der Waals surface area contributed by atoms with E-state index in [1.807, 2.05) is 6.92 Å². The molecule has 2 fully saturated rings. The average molecular weight is 263 g/mol. The summed E-state index contributed by atoms with van der Waals surface area (Å²) in [6, 6.07) is 0. The van der Waals surface area contributed by atoms with Gasteiger partial charge in [-0.05, 0) is 38.5 Å². The zero-order chi connectivity index (χ0) is 13.2. The number of rotatable bonds is 3. The van der Waals surface area contributed by atoms with Crippen LogP contribution in [0.2, 0.25) is 0 Å². The van der Waals surface area contributed by atoms with Gasteiger partial charge in [-0.1, -0.05) is 11.6 Å². The zero-order valence-corrected chi connectivity index (χ0v) is 11.5. The summed E-state index contributed by atoms with van der Waals surface area (Å²) in [5.74, 6) is 2.55. The highest BCUT2D eigenvalue weighted by atomic mass is 16.5. The van der Waals surface area contributed by atoms with Gasteiger partial charge in [0.2, 0.25) is 11.8 Å². The smallest absolute Gasteiger partial charge is 0.226 e. The van der Waals surface area contributed by atoms with E-state index >= 15 is 0 Å². The largest absolute Gasteiger partial charge is 0.342 e. The van der Waals surface area contributed by atoms with E-state index in [0.29, 0.717) is 29.5 Å². The normalized spacial score (nSPS) is 24.3. The van der Waals surface area contributed by atoms with Crippen LogP contribution in [-0.2, 0) is 11.2 Å². The second kappa shape index (κ2) is 5.31. The molecule has 0 aromatic carbocycles. The minimum absolute atomic E-state index is 0.310. The van der Waals surface area contributed by atoms with Gasteiger partial charge in [0.05, 0.1) is 0 Å². The van der Waals surface area contributed by atoms with E-state index in [2.05, 4.69) is 15.0 Å². The molecule has 0 spiro atoms. The summed E-state index contributed by atoms with van der Waals surface area (Å²) in [7, 11) is 0. The molecule has 104 valence electrons. The summed E-state index contributed by atoms with van der Waals surface area (Å²) in [4.78, 5) is 18.6. The Morgan fingerprint density at radius 2 is 2.21 bits per heavy atom. The molecule has 3 rings (SSSR count). The van der Waals surface area contributed by atoms with Crippen LogP contribution >= 0.6 is 0 Å². The molecule has 0 N–H and O–H groups in total. The molecule has 19 heavy (non-hydrogen) atoms. The van der Waals surface area contributed by atoms with Crippen LogP contribution in [-0.4, -0.2) is 34.0 Å². The Morgan fingerprint density at radius 3 is 2.84 bits per heavy atom. The van der Waals surface area contributed by atoms with Crippen LogP contribution in [0.4, 0.5) is 0 Å². The van der Waals surface area contributed by atoms with Crippen LogP contribution in [0.5, 0.6) is 0 Å². The maximum absolute atomic E-state index is 12.3. The number of likely N-dealkylation sites (tertiary alicyclic amines) is 1. The molecule has 1 aromatic rings. The van der Waals surface area contributed by atoms with Crippen molar-refractivity contribution in [1.82, 2.24) is 15.0 Å². The Balaban J connectivity index is 1.56. The molecule has 1 aliphatic carbocycles. The Hall–Kier alpha value is -1.39. The lowest BCUT2D eigenvalue weighted by Crippen LogP contribution is -2.45. The van der Waals surface area contributed by atoms with Gasteiger partial charge in [-0.3, -0.25) is 4.79 Å². The van der Waals surface area contributed by atoms with Gasteiger partial charge < -0.3 is 9.42 Å². The van der Waals surface area contributed by atoms with Gasteiger partial charge in [0.1, 0.15) is 0 Å². The molecule has 1 atom stereocenters. The number of amides is 1. The molecule has 1 unspecified atom stereocenters. The summed E-state index contributed by atoms with van der Waals surface area (Å²) >= 11 is 0. The Bertz CT molecular complexity index is 453. The van der Waals surface area contributed by atoms with E-state index in [1.54, 1.807) is 0 Å². The number of nitrogens with zero attached hydrogens (tertiary/aromatic N) is 3. The van der Waals surface area contributed by atoms with Gasteiger partial charge in [-0.2, -0.15) is 4.98 Å². The first-order valence-corrected chi connectivity index (χ1v) is 7.30. The third kappa shape index (κ3) is 2.80. The van der Waals surface area contributed by atoms with Crippen molar-refractivity contribution in [3.63, 3.8) is 0 Å². The number of hydrogen-bond donors (Lipinski definition) is 0. The van der Waals surface area contributed by atoms with E-state index in [1.165, 1.54) is 6.42 Å². The quantitative estimate of drug-likeness (QED) is 0.836. The molecule has 1 aliphatic heterocycles. The number of hydrogen-bond acceptors (Lipinski definition) is 4. The van der Waals surface area contributed by atoms with E-state index in [9.17, 15) is 4.79 Å². The highest BCUT2D eigenvalue weighted by Crippen LogP contribution is 2.30. The minimum atomic E-state index is 0.310. The summed E-state index contributed by atoms with van der Waals surface area (Å²) in [6.45, 7) is 3.62. The lowest BCUT2D eigenvalue weighted by molar-refractivity contribution is -0.140. The fourth-order valence-electron chi connectivity index (χ4n) is 3.02. The number of aryl methyl sites for hydroxylation is 1. The van der Waals surface area contributed by atoms with Crippen LogP contribution in [0.25, 0.3) is 0 Å². The number of piperidine rings is 1. The molecule has 0 bridgehead atoms. The van der Waals surface area contributed by atoms with Gasteiger partial charge in [0.15, 0.2) is 5.82 Å². The molecule has 2 aliphatic rings. The standard InChI is InChI=1S/C14H21N3O2/c1-10-15-13(19-16-10)8-11-4-3-7-17(9-11)14(18)12-5-2-6-12/h11-12H,2-9H2,1H3. The summed E-state index contributed by atoms with van der Waals surface area (Å²) in [5, 5.41) is 3.82. The second-order valence-electron chi connectivity index (χ2n) is 5.86. The third-order valence-corrected chi connectivity index (χ3v) is 4.32. The van der Waals surface area contributed by atoms with E-state index in [4.69, 9.17) is 4.52 Å². The lowest BCUT2D eigenvalue weighted by atomic mass is 9.83. The van der Waals surface area contributed by atoms with Crippen molar-refractivity contribution in [2.45, 2.75) is 45.4 Å². The monoisotopic (exact) mass is 263 g/mol. The fourth-order valence-corrected chi connectivity index (χ4v) is 3.02. The van der Waals surface area contributed by atoms with Gasteiger partial charge in [0, 0.05) is 25.4 Å². The highest BCUT2D eigenvalue weighted by molar-refractivity contribution is 5.79. The van der Waals surface area contributed by atoms with Gasteiger partial charge in [0.25, 0.3) is 0 Å². The van der Waals surface area contributed by atoms with Crippen molar-refractivity contribution in [2.24, 2.45) is 11.8 Å². The maximum atomic E-state index is 12.3. The van der Waals surface area contributed by atoms with Crippen LogP contribution < -0.4 is 0 Å². The van der Waals surface area contributed by atoms with Crippen molar-refractivity contribution in [1.29, 1.82) is 0 Å². The minimum Gasteiger partial charge on any atom is -0.342 e. The predicted molar refractivity (Wildman–Crippen MR) is 69.4 cm³/mol. The zero-order valence-electron chi connectivity index (χ0n) is 11.5. The molecular formula is C14H21N3O2. The van der Waals surface area contributed by atoms with Crippen LogP contribution in [0.3, 0.4) is 0 Å². The molecule has 1 amide bonds. The Labute approximate surface area is 113 Å². The topological polar surface area (TPSA) is 59.2 Å². The maximum Gasteiger partial charge on any atom is 0.226 e. The van der Waals surface area contributed by atoms with E-state index in [0.717, 1.165) is 45.2 Å². The fraction of sp³-hybridized carbons (Fsp3) is 0.786. The second-order valence-corrected chi connectivity index (χ2v) is 5.86. The van der Waals surface area contributed by atoms with Crippen LogP contribution in [0.15, 0.2) is 4.52 Å². The first-order chi connectivity index (χ1) is 9.22. The van der Waals surface area contributed by atoms with Crippen molar-refractivity contribution in [2.75, 3.05) is 13.1 Å². The summed E-state index contributed by atoms with van der Waals surface area (Å²) < 4.78 is 5.18. The van der Waals surface area contributed by atoms with E-state index in [-0.39, 0.29) is 0 Å². The Morgan fingerprint density at radius 1 is 1.37 bits per heavy atom. The predicted octanol–water partition coefficient (Wildman–Crippen LogP) is 1.96. The first kappa shape index (κ1) is 12.6. The van der Waals surface area contributed by atoms with Gasteiger partial charge in [-0.25, -0.2) is 0 Å². The van der Waals surface area contributed by atoms with E-state index < -0.39 is 0 Å². The van der Waals surface area contributed by atoms with Crippen LogP contribution in [0.1, 0.15) is 43.8 Å². The Kier molecular flexibility index (Phi) is 3.53. The van der Waals surface area contributed by atoms with Crippen molar-refractivity contribution < 1.29 is 9.32 Å².